The van der Waals surface area contributed by atoms with Crippen LogP contribution in [0.3, 0.4) is 0 Å². The van der Waals surface area contributed by atoms with Crippen LogP contribution in [-0.2, 0) is 13.0 Å². The van der Waals surface area contributed by atoms with Crippen molar-refractivity contribution in [2.45, 2.75) is 26.9 Å². The van der Waals surface area contributed by atoms with Crippen molar-refractivity contribution in [2.24, 2.45) is 5.73 Å². The minimum atomic E-state index is 0.352. The quantitative estimate of drug-likeness (QED) is 0.879. The second-order valence-electron chi connectivity index (χ2n) is 4.22. The Balaban J connectivity index is 1.93. The number of aromatic nitrogens is 1. The minimum absolute atomic E-state index is 0.352. The number of ether oxygens (including phenoxy) is 1. The second kappa shape index (κ2) is 5.69. The highest BCUT2D eigenvalue weighted by Gasteiger charge is 2.05. The first-order valence-corrected chi connectivity index (χ1v) is 6.03. The van der Waals surface area contributed by atoms with E-state index in [4.69, 9.17) is 14.9 Å². The Bertz CT molecular complexity index is 484. The third-order valence-electron chi connectivity index (χ3n) is 2.79. The molecule has 0 radical (unpaired) electrons. The van der Waals surface area contributed by atoms with Gasteiger partial charge >= 0.3 is 0 Å². The van der Waals surface area contributed by atoms with Crippen molar-refractivity contribution in [1.82, 2.24) is 4.98 Å². The third kappa shape index (κ3) is 3.11. The third-order valence-corrected chi connectivity index (χ3v) is 2.79. The van der Waals surface area contributed by atoms with Crippen LogP contribution in [0.4, 0.5) is 0 Å². The molecule has 0 aliphatic rings. The maximum atomic E-state index is 5.61. The fraction of sp³-hybridized carbons (Fsp3) is 0.357. The number of hydrogen-bond donors (Lipinski definition) is 1. The average molecular weight is 246 g/mol. The molecule has 96 valence electrons. The lowest BCUT2D eigenvalue weighted by atomic mass is 10.1. The van der Waals surface area contributed by atoms with E-state index in [1.807, 2.05) is 38.1 Å². The molecule has 0 amide bonds. The Morgan fingerprint density at radius 3 is 2.50 bits per heavy atom. The van der Waals surface area contributed by atoms with Gasteiger partial charge in [0.15, 0.2) is 6.61 Å². The Labute approximate surface area is 107 Å². The summed E-state index contributed by atoms with van der Waals surface area (Å²) < 4.78 is 11.1. The van der Waals surface area contributed by atoms with Crippen molar-refractivity contribution < 1.29 is 9.15 Å². The van der Waals surface area contributed by atoms with Gasteiger partial charge in [-0.2, -0.15) is 0 Å². The summed E-state index contributed by atoms with van der Waals surface area (Å²) in [4.78, 5) is 4.26. The van der Waals surface area contributed by atoms with Gasteiger partial charge in [0.1, 0.15) is 11.5 Å². The molecule has 0 bridgehead atoms. The van der Waals surface area contributed by atoms with Gasteiger partial charge in [0.05, 0.1) is 5.69 Å². The van der Waals surface area contributed by atoms with Gasteiger partial charge in [0.25, 0.3) is 0 Å². The van der Waals surface area contributed by atoms with Crippen LogP contribution in [0.1, 0.15) is 22.9 Å². The molecule has 0 spiro atoms. The molecule has 0 saturated heterocycles. The van der Waals surface area contributed by atoms with Gasteiger partial charge in [-0.3, -0.25) is 0 Å². The van der Waals surface area contributed by atoms with Crippen LogP contribution in [0, 0.1) is 13.8 Å². The molecule has 1 heterocycles. The highest BCUT2D eigenvalue weighted by Crippen LogP contribution is 2.15. The number of aryl methyl sites for hydroxylation is 2. The zero-order chi connectivity index (χ0) is 13.0. The first-order valence-electron chi connectivity index (χ1n) is 6.03. The van der Waals surface area contributed by atoms with Crippen LogP contribution in [-0.4, -0.2) is 11.5 Å². The van der Waals surface area contributed by atoms with Crippen molar-refractivity contribution in [3.05, 3.63) is 47.2 Å². The summed E-state index contributed by atoms with van der Waals surface area (Å²) in [5, 5.41) is 0. The number of nitrogens with two attached hydrogens (primary N) is 1. The summed E-state index contributed by atoms with van der Waals surface area (Å²) in [6.07, 6.45) is 0.887. The summed E-state index contributed by atoms with van der Waals surface area (Å²) in [6, 6.07) is 7.92. The summed E-state index contributed by atoms with van der Waals surface area (Å²) in [7, 11) is 0. The van der Waals surface area contributed by atoms with Gasteiger partial charge in [-0.15, -0.1) is 0 Å². The highest BCUT2D eigenvalue weighted by molar-refractivity contribution is 5.27. The molecule has 4 nitrogen and oxygen atoms in total. The molecular formula is C14H18N2O2. The predicted molar refractivity (Wildman–Crippen MR) is 69.5 cm³/mol. The molecule has 1 aromatic heterocycles. The van der Waals surface area contributed by atoms with E-state index in [1.165, 1.54) is 5.56 Å². The fourth-order valence-corrected chi connectivity index (χ4v) is 1.66. The van der Waals surface area contributed by atoms with Crippen molar-refractivity contribution in [1.29, 1.82) is 0 Å². The fourth-order valence-electron chi connectivity index (χ4n) is 1.66. The van der Waals surface area contributed by atoms with Gasteiger partial charge in [0.2, 0.25) is 5.89 Å². The van der Waals surface area contributed by atoms with E-state index in [2.05, 4.69) is 4.98 Å². The highest BCUT2D eigenvalue weighted by atomic mass is 16.5. The van der Waals surface area contributed by atoms with Crippen molar-refractivity contribution in [3.63, 3.8) is 0 Å². The van der Waals surface area contributed by atoms with Crippen LogP contribution in [0.5, 0.6) is 5.75 Å². The molecule has 18 heavy (non-hydrogen) atoms. The molecule has 0 atom stereocenters. The topological polar surface area (TPSA) is 61.3 Å². The zero-order valence-electron chi connectivity index (χ0n) is 10.8. The van der Waals surface area contributed by atoms with Crippen LogP contribution >= 0.6 is 0 Å². The molecule has 0 saturated carbocycles. The standard InChI is InChI=1S/C14H18N2O2/c1-10-11(2)18-14(16-10)9-17-13-5-3-12(4-6-13)7-8-15/h3-6H,7-9,15H2,1-2H3. The van der Waals surface area contributed by atoms with Gasteiger partial charge < -0.3 is 14.9 Å². The molecule has 0 aliphatic heterocycles. The molecule has 2 N–H and O–H groups in total. The summed E-state index contributed by atoms with van der Waals surface area (Å²) in [5.41, 5.74) is 7.62. The average Bonchev–Trinajstić information content (AvgIpc) is 2.68. The largest absolute Gasteiger partial charge is 0.484 e. The van der Waals surface area contributed by atoms with Gasteiger partial charge in [0, 0.05) is 0 Å². The Morgan fingerprint density at radius 2 is 1.94 bits per heavy atom. The minimum Gasteiger partial charge on any atom is -0.484 e. The van der Waals surface area contributed by atoms with Gasteiger partial charge in [-0.1, -0.05) is 12.1 Å². The van der Waals surface area contributed by atoms with Gasteiger partial charge in [-0.05, 0) is 44.5 Å². The van der Waals surface area contributed by atoms with E-state index in [0.717, 1.165) is 23.6 Å². The molecular weight excluding hydrogens is 228 g/mol. The van der Waals surface area contributed by atoms with Crippen LogP contribution in [0.2, 0.25) is 0 Å². The van der Waals surface area contributed by atoms with E-state index < -0.39 is 0 Å². The number of hydrogen-bond acceptors (Lipinski definition) is 4. The molecule has 2 rings (SSSR count). The first kappa shape index (κ1) is 12.6. The lowest BCUT2D eigenvalue weighted by molar-refractivity contribution is 0.260. The number of nitrogens with zero attached hydrogens (tertiary/aromatic N) is 1. The first-order chi connectivity index (χ1) is 8.69. The summed E-state index contributed by atoms with van der Waals surface area (Å²) >= 11 is 0. The molecule has 0 fully saturated rings. The molecule has 2 aromatic rings. The van der Waals surface area contributed by atoms with Crippen molar-refractivity contribution >= 4 is 0 Å². The zero-order valence-corrected chi connectivity index (χ0v) is 10.8. The van der Waals surface area contributed by atoms with Gasteiger partial charge in [-0.25, -0.2) is 4.98 Å². The summed E-state index contributed by atoms with van der Waals surface area (Å²) in [5.74, 6) is 2.26. The number of oxazole rings is 1. The molecule has 1 aromatic carbocycles. The molecule has 0 unspecified atom stereocenters. The smallest absolute Gasteiger partial charge is 0.232 e. The van der Waals surface area contributed by atoms with E-state index in [9.17, 15) is 0 Å². The monoisotopic (exact) mass is 246 g/mol. The SMILES string of the molecule is Cc1nc(COc2ccc(CCN)cc2)oc1C. The van der Waals surface area contributed by atoms with E-state index >= 15 is 0 Å². The molecule has 0 aliphatic carbocycles. The maximum Gasteiger partial charge on any atom is 0.232 e. The van der Waals surface area contributed by atoms with E-state index in [-0.39, 0.29) is 0 Å². The Morgan fingerprint density at radius 1 is 1.22 bits per heavy atom. The molecule has 4 heteroatoms. The Kier molecular flexibility index (Phi) is 3.99. The van der Waals surface area contributed by atoms with Crippen LogP contribution in [0.25, 0.3) is 0 Å². The van der Waals surface area contributed by atoms with Crippen LogP contribution < -0.4 is 10.5 Å². The lowest BCUT2D eigenvalue weighted by Crippen LogP contribution is -2.02. The van der Waals surface area contributed by atoms with Crippen molar-refractivity contribution in [2.75, 3.05) is 6.54 Å². The lowest BCUT2D eigenvalue weighted by Gasteiger charge is -2.04. The van der Waals surface area contributed by atoms with Crippen LogP contribution in [0.15, 0.2) is 28.7 Å². The number of benzene rings is 1. The Hall–Kier alpha value is -1.81. The maximum absolute atomic E-state index is 5.61. The van der Waals surface area contributed by atoms with E-state index in [1.54, 1.807) is 0 Å². The second-order valence-corrected chi connectivity index (χ2v) is 4.22. The predicted octanol–water partition coefficient (Wildman–Crippen LogP) is 2.37. The summed E-state index contributed by atoms with van der Waals surface area (Å²) in [6.45, 7) is 4.83. The normalized spacial score (nSPS) is 10.6. The van der Waals surface area contributed by atoms with E-state index in [0.29, 0.717) is 19.0 Å². The van der Waals surface area contributed by atoms with Crippen molar-refractivity contribution in [3.8, 4) is 5.75 Å². The number of rotatable bonds is 5.